The van der Waals surface area contributed by atoms with E-state index in [1.54, 1.807) is 0 Å². The van der Waals surface area contributed by atoms with Crippen molar-refractivity contribution in [2.75, 3.05) is 19.6 Å². The van der Waals surface area contributed by atoms with Crippen LogP contribution in [0.4, 0.5) is 0 Å². The summed E-state index contributed by atoms with van der Waals surface area (Å²) in [4.78, 5) is 63.4. The largest absolute Gasteiger partial charge is 0.481 e. The number of rotatable bonds is 14. The Morgan fingerprint density at radius 3 is 2.08 bits per heavy atom. The van der Waals surface area contributed by atoms with Crippen LogP contribution < -0.4 is 21.7 Å². The van der Waals surface area contributed by atoms with Crippen LogP contribution >= 0.6 is 0 Å². The first kappa shape index (κ1) is 30.3. The highest BCUT2D eigenvalue weighted by atomic mass is 16.4. The summed E-state index contributed by atoms with van der Waals surface area (Å²) in [5, 5.41) is 16.8. The summed E-state index contributed by atoms with van der Waals surface area (Å²) in [6.45, 7) is 0.431. The van der Waals surface area contributed by atoms with Crippen LogP contribution in [0.25, 0.3) is 0 Å². The van der Waals surface area contributed by atoms with Crippen LogP contribution in [0.15, 0.2) is 60.7 Å². The van der Waals surface area contributed by atoms with Gasteiger partial charge in [-0.25, -0.2) is 0 Å². The fourth-order valence-electron chi connectivity index (χ4n) is 4.61. The predicted molar refractivity (Wildman–Crippen MR) is 148 cm³/mol. The highest BCUT2D eigenvalue weighted by Crippen LogP contribution is 2.18. The minimum absolute atomic E-state index is 0.00766. The van der Waals surface area contributed by atoms with E-state index in [0.29, 0.717) is 25.8 Å². The molecule has 0 bridgehead atoms. The molecule has 2 aromatic carbocycles. The molecule has 4 amide bonds. The van der Waals surface area contributed by atoms with Gasteiger partial charge in [-0.05, 0) is 30.4 Å². The molecule has 0 unspecified atom stereocenters. The highest BCUT2D eigenvalue weighted by molar-refractivity contribution is 5.91. The normalized spacial score (nSPS) is 16.0. The van der Waals surface area contributed by atoms with Crippen molar-refractivity contribution in [2.45, 2.75) is 56.7 Å². The molecule has 1 heterocycles. The second kappa shape index (κ2) is 15.4. The highest BCUT2D eigenvalue weighted by Gasteiger charge is 2.33. The monoisotopic (exact) mass is 551 g/mol. The first-order valence-electron chi connectivity index (χ1n) is 13.4. The van der Waals surface area contributed by atoms with Crippen LogP contribution in [0.5, 0.6) is 0 Å². The number of benzene rings is 2. The Bertz CT molecular complexity index is 1160. The van der Waals surface area contributed by atoms with Crippen molar-refractivity contribution in [3.8, 4) is 0 Å². The molecule has 214 valence electrons. The van der Waals surface area contributed by atoms with Crippen LogP contribution in [-0.4, -0.2) is 77.4 Å². The maximum absolute atomic E-state index is 13.1. The fourth-order valence-corrected chi connectivity index (χ4v) is 4.61. The Balaban J connectivity index is 1.54. The smallest absolute Gasteiger partial charge is 0.305 e. The van der Waals surface area contributed by atoms with Crippen molar-refractivity contribution in [3.05, 3.63) is 71.8 Å². The van der Waals surface area contributed by atoms with E-state index in [0.717, 1.165) is 11.1 Å². The molecule has 1 fully saturated rings. The van der Waals surface area contributed by atoms with E-state index >= 15 is 0 Å². The number of amides is 4. The quantitative estimate of drug-likeness (QED) is 0.226. The van der Waals surface area contributed by atoms with E-state index in [1.165, 1.54) is 4.90 Å². The van der Waals surface area contributed by atoms with E-state index in [-0.39, 0.29) is 44.2 Å². The lowest BCUT2D eigenvalue weighted by Gasteiger charge is -2.24. The zero-order chi connectivity index (χ0) is 28.9. The number of carboxylic acid groups (broad SMARTS) is 1. The van der Waals surface area contributed by atoms with Crippen LogP contribution in [0.3, 0.4) is 0 Å². The van der Waals surface area contributed by atoms with E-state index in [4.69, 9.17) is 10.8 Å². The number of hydrogen-bond donors (Lipinski definition) is 5. The average molecular weight is 552 g/mol. The summed E-state index contributed by atoms with van der Waals surface area (Å²) in [6, 6.07) is 16.2. The number of carboxylic acids is 1. The van der Waals surface area contributed by atoms with Gasteiger partial charge in [-0.1, -0.05) is 60.7 Å². The number of nitrogens with one attached hydrogen (secondary N) is 3. The first-order valence-corrected chi connectivity index (χ1v) is 13.4. The topological polar surface area (TPSA) is 171 Å². The fraction of sp³-hybridized carbons (Fsp3) is 0.414. The number of nitrogens with two attached hydrogens (primary N) is 1. The second-order valence-electron chi connectivity index (χ2n) is 9.77. The molecule has 0 saturated carbocycles. The molecule has 0 radical (unpaired) electrons. The zero-order valence-electron chi connectivity index (χ0n) is 22.4. The van der Waals surface area contributed by atoms with Gasteiger partial charge in [0.1, 0.15) is 12.1 Å². The summed E-state index contributed by atoms with van der Waals surface area (Å²) in [5.41, 5.74) is 7.89. The Hall–Kier alpha value is -4.25. The van der Waals surface area contributed by atoms with Crippen LogP contribution in [-0.2, 0) is 36.8 Å². The van der Waals surface area contributed by atoms with Crippen LogP contribution in [0.2, 0.25) is 0 Å². The Labute approximate surface area is 233 Å². The van der Waals surface area contributed by atoms with Gasteiger partial charge in [0.05, 0.1) is 12.5 Å². The molecule has 3 rings (SSSR count). The van der Waals surface area contributed by atoms with Gasteiger partial charge in [-0.2, -0.15) is 0 Å². The molecule has 2 aromatic rings. The molecule has 1 saturated heterocycles. The minimum Gasteiger partial charge on any atom is -0.481 e. The number of hydrogen-bond acceptors (Lipinski definition) is 6. The third-order valence-corrected chi connectivity index (χ3v) is 6.70. The standard InChI is InChI=1S/C29H37N5O6/c30-22(18-20-8-3-1-4-9-20)27(38)33-23(19-21-10-5-2-6-11-21)28(39)31-15-13-25(35)34-17-7-12-24(34)29(40)32-16-14-26(36)37/h1-6,8-11,22-24H,7,12-19,30H2,(H,31,39)(H,32,40)(H,33,38)(H,36,37)/t22-,23-,24-/m0/s1. The third kappa shape index (κ3) is 9.49. The van der Waals surface area contributed by atoms with Gasteiger partial charge in [0, 0.05) is 32.5 Å². The lowest BCUT2D eigenvalue weighted by Crippen LogP contribution is -2.53. The average Bonchev–Trinajstić information content (AvgIpc) is 3.44. The lowest BCUT2D eigenvalue weighted by atomic mass is 10.0. The van der Waals surface area contributed by atoms with E-state index in [9.17, 15) is 24.0 Å². The minimum atomic E-state index is -1.02. The van der Waals surface area contributed by atoms with Gasteiger partial charge >= 0.3 is 5.97 Å². The van der Waals surface area contributed by atoms with Crippen molar-refractivity contribution in [1.82, 2.24) is 20.9 Å². The van der Waals surface area contributed by atoms with E-state index in [2.05, 4.69) is 16.0 Å². The molecule has 11 heteroatoms. The molecule has 0 spiro atoms. The zero-order valence-corrected chi connectivity index (χ0v) is 22.4. The number of nitrogens with zero attached hydrogens (tertiary/aromatic N) is 1. The molecule has 40 heavy (non-hydrogen) atoms. The van der Waals surface area contributed by atoms with Gasteiger partial charge in [-0.15, -0.1) is 0 Å². The molecule has 0 aliphatic carbocycles. The number of likely N-dealkylation sites (tertiary alicyclic amines) is 1. The molecular formula is C29H37N5O6. The predicted octanol–water partition coefficient (Wildman–Crippen LogP) is 0.372. The maximum atomic E-state index is 13.1. The number of aliphatic carboxylic acids is 1. The SMILES string of the molecule is N[C@@H](Cc1ccccc1)C(=O)N[C@@H](Cc1ccccc1)C(=O)NCCC(=O)N1CCC[C@H]1C(=O)NCCC(=O)O. The lowest BCUT2D eigenvalue weighted by molar-refractivity contribution is -0.139. The van der Waals surface area contributed by atoms with Crippen LogP contribution in [0, 0.1) is 0 Å². The maximum Gasteiger partial charge on any atom is 0.305 e. The Morgan fingerprint density at radius 1 is 0.850 bits per heavy atom. The van der Waals surface area contributed by atoms with Gasteiger partial charge in [0.15, 0.2) is 0 Å². The molecule has 11 nitrogen and oxygen atoms in total. The Kier molecular flexibility index (Phi) is 11.6. The first-order chi connectivity index (χ1) is 19.2. The van der Waals surface area contributed by atoms with Crippen molar-refractivity contribution in [3.63, 3.8) is 0 Å². The second-order valence-corrected chi connectivity index (χ2v) is 9.77. The molecule has 6 N–H and O–H groups in total. The van der Waals surface area contributed by atoms with Crippen LogP contribution in [0.1, 0.15) is 36.8 Å². The summed E-state index contributed by atoms with van der Waals surface area (Å²) in [5.74, 6) is -2.58. The van der Waals surface area contributed by atoms with Crippen molar-refractivity contribution >= 4 is 29.6 Å². The van der Waals surface area contributed by atoms with Crippen molar-refractivity contribution in [1.29, 1.82) is 0 Å². The molecular weight excluding hydrogens is 514 g/mol. The van der Waals surface area contributed by atoms with Gasteiger partial charge in [0.25, 0.3) is 0 Å². The Morgan fingerprint density at radius 2 is 1.45 bits per heavy atom. The summed E-state index contributed by atoms with van der Waals surface area (Å²) < 4.78 is 0. The summed E-state index contributed by atoms with van der Waals surface area (Å²) >= 11 is 0. The molecule has 1 aliphatic heterocycles. The molecule has 0 aromatic heterocycles. The van der Waals surface area contributed by atoms with Gasteiger partial charge in [-0.3, -0.25) is 24.0 Å². The molecule has 1 aliphatic rings. The number of carbonyl (C=O) groups is 5. The van der Waals surface area contributed by atoms with Crippen molar-refractivity contribution in [2.24, 2.45) is 5.73 Å². The van der Waals surface area contributed by atoms with Gasteiger partial charge < -0.3 is 31.7 Å². The van der Waals surface area contributed by atoms with Gasteiger partial charge in [0.2, 0.25) is 23.6 Å². The van der Waals surface area contributed by atoms with Crippen molar-refractivity contribution < 1.29 is 29.1 Å². The summed E-state index contributed by atoms with van der Waals surface area (Å²) in [6.07, 6.45) is 1.49. The number of carbonyl (C=O) groups excluding carboxylic acids is 4. The third-order valence-electron chi connectivity index (χ3n) is 6.70. The van der Waals surface area contributed by atoms with E-state index < -0.39 is 35.9 Å². The van der Waals surface area contributed by atoms with E-state index in [1.807, 2.05) is 60.7 Å². The molecule has 3 atom stereocenters. The summed E-state index contributed by atoms with van der Waals surface area (Å²) in [7, 11) is 0.